The first-order chi connectivity index (χ1) is 8.79. The molecule has 18 heavy (non-hydrogen) atoms. The van der Waals surface area contributed by atoms with Gasteiger partial charge in [0.1, 0.15) is 0 Å². The lowest BCUT2D eigenvalue weighted by Crippen LogP contribution is -2.24. The SMILES string of the molecule is C#CCC(C)NCc1ccc(-n2cccn2)cc1. The zero-order valence-electron chi connectivity index (χ0n) is 10.5. The van der Waals surface area contributed by atoms with Gasteiger partial charge in [0, 0.05) is 31.4 Å². The number of terminal acetylenes is 1. The van der Waals surface area contributed by atoms with Crippen molar-refractivity contribution >= 4 is 0 Å². The second-order valence-corrected chi connectivity index (χ2v) is 4.31. The van der Waals surface area contributed by atoms with Crippen molar-refractivity contribution in [2.45, 2.75) is 25.9 Å². The molecule has 0 bridgehead atoms. The van der Waals surface area contributed by atoms with Crippen molar-refractivity contribution in [3.63, 3.8) is 0 Å². The lowest BCUT2D eigenvalue weighted by molar-refractivity contribution is 0.559. The van der Waals surface area contributed by atoms with Crippen molar-refractivity contribution in [2.24, 2.45) is 0 Å². The Morgan fingerprint density at radius 2 is 2.17 bits per heavy atom. The summed E-state index contributed by atoms with van der Waals surface area (Å²) in [7, 11) is 0. The maximum absolute atomic E-state index is 5.27. The molecular formula is C15H17N3. The number of aromatic nitrogens is 2. The summed E-state index contributed by atoms with van der Waals surface area (Å²) in [5.74, 6) is 2.66. The van der Waals surface area contributed by atoms with Crippen LogP contribution in [0.1, 0.15) is 18.9 Å². The van der Waals surface area contributed by atoms with Gasteiger partial charge in [-0.2, -0.15) is 5.10 Å². The molecule has 0 radical (unpaired) electrons. The molecule has 1 N–H and O–H groups in total. The summed E-state index contributed by atoms with van der Waals surface area (Å²) < 4.78 is 1.85. The molecule has 0 aliphatic heterocycles. The Hall–Kier alpha value is -2.05. The molecule has 1 aromatic carbocycles. The maximum atomic E-state index is 5.27. The van der Waals surface area contributed by atoms with Crippen LogP contribution in [0.15, 0.2) is 42.7 Å². The van der Waals surface area contributed by atoms with Gasteiger partial charge in [-0.25, -0.2) is 4.68 Å². The quantitative estimate of drug-likeness (QED) is 0.812. The zero-order chi connectivity index (χ0) is 12.8. The van der Waals surface area contributed by atoms with E-state index in [0.29, 0.717) is 6.04 Å². The Labute approximate surface area is 108 Å². The third-order valence-electron chi connectivity index (χ3n) is 2.78. The fourth-order valence-corrected chi connectivity index (χ4v) is 1.73. The van der Waals surface area contributed by atoms with E-state index in [2.05, 4.69) is 47.5 Å². The summed E-state index contributed by atoms with van der Waals surface area (Å²) in [5.41, 5.74) is 2.32. The van der Waals surface area contributed by atoms with E-state index in [1.54, 1.807) is 6.20 Å². The molecule has 1 atom stereocenters. The molecule has 1 unspecified atom stereocenters. The minimum atomic E-state index is 0.348. The van der Waals surface area contributed by atoms with Gasteiger partial charge in [-0.1, -0.05) is 12.1 Å². The van der Waals surface area contributed by atoms with E-state index in [1.165, 1.54) is 5.56 Å². The van der Waals surface area contributed by atoms with Crippen molar-refractivity contribution in [3.05, 3.63) is 48.3 Å². The highest BCUT2D eigenvalue weighted by molar-refractivity contribution is 5.33. The smallest absolute Gasteiger partial charge is 0.0645 e. The molecule has 0 fully saturated rings. The van der Waals surface area contributed by atoms with E-state index in [1.807, 2.05) is 16.9 Å². The predicted octanol–water partition coefficient (Wildman–Crippen LogP) is 2.37. The van der Waals surface area contributed by atoms with Crippen LogP contribution in [0.5, 0.6) is 0 Å². The molecule has 2 rings (SSSR count). The van der Waals surface area contributed by atoms with Crippen LogP contribution >= 0.6 is 0 Å². The molecule has 2 aromatic rings. The summed E-state index contributed by atoms with van der Waals surface area (Å²) in [6.45, 7) is 2.93. The topological polar surface area (TPSA) is 29.9 Å². The lowest BCUT2D eigenvalue weighted by atomic mass is 10.2. The van der Waals surface area contributed by atoms with Gasteiger partial charge >= 0.3 is 0 Å². The Balaban J connectivity index is 1.94. The molecule has 1 aromatic heterocycles. The normalized spacial score (nSPS) is 12.0. The number of benzene rings is 1. The first kappa shape index (κ1) is 12.4. The van der Waals surface area contributed by atoms with Crippen LogP contribution in [0.3, 0.4) is 0 Å². The summed E-state index contributed by atoms with van der Waals surface area (Å²) >= 11 is 0. The molecule has 3 heteroatoms. The minimum absolute atomic E-state index is 0.348. The van der Waals surface area contributed by atoms with Gasteiger partial charge in [-0.05, 0) is 30.7 Å². The largest absolute Gasteiger partial charge is 0.309 e. The molecule has 0 saturated heterocycles. The second-order valence-electron chi connectivity index (χ2n) is 4.31. The van der Waals surface area contributed by atoms with Gasteiger partial charge in [0.15, 0.2) is 0 Å². The average molecular weight is 239 g/mol. The van der Waals surface area contributed by atoms with E-state index in [4.69, 9.17) is 6.42 Å². The van der Waals surface area contributed by atoms with E-state index >= 15 is 0 Å². The zero-order valence-corrected chi connectivity index (χ0v) is 10.5. The van der Waals surface area contributed by atoms with Gasteiger partial charge in [0.25, 0.3) is 0 Å². The number of hydrogen-bond acceptors (Lipinski definition) is 2. The minimum Gasteiger partial charge on any atom is -0.309 e. The molecule has 0 aliphatic rings. The van der Waals surface area contributed by atoms with Crippen LogP contribution in [0, 0.1) is 12.3 Å². The summed E-state index contributed by atoms with van der Waals surface area (Å²) in [5, 5.41) is 7.58. The van der Waals surface area contributed by atoms with E-state index in [0.717, 1.165) is 18.7 Å². The van der Waals surface area contributed by atoms with Gasteiger partial charge < -0.3 is 5.32 Å². The van der Waals surface area contributed by atoms with Gasteiger partial charge in [0.2, 0.25) is 0 Å². The van der Waals surface area contributed by atoms with Crippen LogP contribution in [-0.2, 0) is 6.54 Å². The molecule has 3 nitrogen and oxygen atoms in total. The summed E-state index contributed by atoms with van der Waals surface area (Å²) in [6.07, 6.45) is 9.74. The molecule has 0 amide bonds. The van der Waals surface area contributed by atoms with Crippen molar-refractivity contribution in [1.82, 2.24) is 15.1 Å². The maximum Gasteiger partial charge on any atom is 0.0645 e. The Morgan fingerprint density at radius 3 is 2.78 bits per heavy atom. The number of hydrogen-bond donors (Lipinski definition) is 1. The first-order valence-electron chi connectivity index (χ1n) is 6.05. The molecule has 0 saturated carbocycles. The third-order valence-corrected chi connectivity index (χ3v) is 2.78. The Morgan fingerprint density at radius 1 is 1.39 bits per heavy atom. The molecule has 1 heterocycles. The van der Waals surface area contributed by atoms with Gasteiger partial charge in [0.05, 0.1) is 5.69 Å². The van der Waals surface area contributed by atoms with Gasteiger partial charge in [-0.15, -0.1) is 12.3 Å². The van der Waals surface area contributed by atoms with Crippen LogP contribution in [0.2, 0.25) is 0 Å². The average Bonchev–Trinajstić information content (AvgIpc) is 2.91. The van der Waals surface area contributed by atoms with Crippen LogP contribution in [0.25, 0.3) is 5.69 Å². The van der Waals surface area contributed by atoms with E-state index in [-0.39, 0.29) is 0 Å². The highest BCUT2D eigenvalue weighted by Gasteiger charge is 2.00. The fourth-order valence-electron chi connectivity index (χ4n) is 1.73. The summed E-state index contributed by atoms with van der Waals surface area (Å²) in [6, 6.07) is 10.6. The van der Waals surface area contributed by atoms with Crippen LogP contribution in [0.4, 0.5) is 0 Å². The van der Waals surface area contributed by atoms with Crippen LogP contribution < -0.4 is 5.32 Å². The number of nitrogens with zero attached hydrogens (tertiary/aromatic N) is 2. The molecule has 92 valence electrons. The lowest BCUT2D eigenvalue weighted by Gasteiger charge is -2.11. The standard InChI is InChI=1S/C15H17N3/c1-3-5-13(2)16-12-14-6-8-15(9-7-14)18-11-4-10-17-18/h1,4,6-11,13,16H,5,12H2,2H3. The Bertz CT molecular complexity index is 506. The molecule has 0 spiro atoms. The molecular weight excluding hydrogens is 222 g/mol. The van der Waals surface area contributed by atoms with Crippen LogP contribution in [-0.4, -0.2) is 15.8 Å². The third kappa shape index (κ3) is 3.22. The van der Waals surface area contributed by atoms with Crippen molar-refractivity contribution in [2.75, 3.05) is 0 Å². The van der Waals surface area contributed by atoms with Gasteiger partial charge in [-0.3, -0.25) is 0 Å². The second kappa shape index (κ2) is 6.04. The number of rotatable bonds is 5. The highest BCUT2D eigenvalue weighted by atomic mass is 15.3. The van der Waals surface area contributed by atoms with Crippen molar-refractivity contribution < 1.29 is 0 Å². The predicted molar refractivity (Wildman–Crippen MR) is 73.3 cm³/mol. The number of nitrogens with one attached hydrogen (secondary N) is 1. The summed E-state index contributed by atoms with van der Waals surface area (Å²) in [4.78, 5) is 0. The fraction of sp³-hybridized carbons (Fsp3) is 0.267. The van der Waals surface area contributed by atoms with E-state index in [9.17, 15) is 0 Å². The first-order valence-corrected chi connectivity index (χ1v) is 6.05. The van der Waals surface area contributed by atoms with Crippen molar-refractivity contribution in [1.29, 1.82) is 0 Å². The Kier molecular flexibility index (Phi) is 4.16. The highest BCUT2D eigenvalue weighted by Crippen LogP contribution is 2.08. The molecule has 0 aliphatic carbocycles. The van der Waals surface area contributed by atoms with Crippen molar-refractivity contribution in [3.8, 4) is 18.0 Å². The van der Waals surface area contributed by atoms with E-state index < -0.39 is 0 Å². The monoisotopic (exact) mass is 239 g/mol.